The zero-order chi connectivity index (χ0) is 19.8. The first kappa shape index (κ1) is 19.8. The molecule has 2 heterocycles. The molecule has 2 fully saturated rings. The molecule has 9 heteroatoms. The fraction of sp³-hybridized carbons (Fsp3) is 0.556. The predicted octanol–water partition coefficient (Wildman–Crippen LogP) is 0.0604. The summed E-state index contributed by atoms with van der Waals surface area (Å²) in [6.45, 7) is 2.61. The van der Waals surface area contributed by atoms with Crippen molar-refractivity contribution >= 4 is 22.0 Å². The first-order valence-corrected chi connectivity index (χ1v) is 10.4. The first-order valence-electron chi connectivity index (χ1n) is 8.98. The lowest BCUT2D eigenvalue weighted by atomic mass is 9.89. The molecule has 0 unspecified atom stereocenters. The molecule has 0 aliphatic carbocycles. The maximum absolute atomic E-state index is 12.7. The minimum Gasteiger partial charge on any atom is -0.347 e. The summed E-state index contributed by atoms with van der Waals surface area (Å²) in [5.41, 5.74) is 0.991. The molecule has 0 spiro atoms. The molecule has 2 amide bonds. The van der Waals surface area contributed by atoms with Gasteiger partial charge in [0.05, 0.1) is 12.6 Å². The van der Waals surface area contributed by atoms with Crippen molar-refractivity contribution in [2.75, 3.05) is 40.3 Å². The summed E-state index contributed by atoms with van der Waals surface area (Å²) in [6.07, 6.45) is 0. The standard InChI is InChI=1S/C18H26N4O4S/c1-13(23)19-9-17(24)22-11-15-10-21(27(25,26)20(2)3)12-16(15)18(22)14-7-5-4-6-8-14/h4-8,15-16,18H,9-12H2,1-3H3,(H,19,23)/t15-,16-,18+/m0/s1. The van der Waals surface area contributed by atoms with Crippen molar-refractivity contribution in [1.82, 2.24) is 18.8 Å². The van der Waals surface area contributed by atoms with Crippen LogP contribution in [-0.4, -0.2) is 74.0 Å². The molecule has 2 aliphatic heterocycles. The van der Waals surface area contributed by atoms with Crippen molar-refractivity contribution in [3.05, 3.63) is 35.9 Å². The number of carbonyl (C=O) groups is 2. The van der Waals surface area contributed by atoms with E-state index in [4.69, 9.17) is 0 Å². The highest BCUT2D eigenvalue weighted by atomic mass is 32.2. The quantitative estimate of drug-likeness (QED) is 0.765. The molecule has 27 heavy (non-hydrogen) atoms. The van der Waals surface area contributed by atoms with Crippen LogP contribution in [0.2, 0.25) is 0 Å². The second-order valence-electron chi connectivity index (χ2n) is 7.34. The number of rotatable bonds is 5. The summed E-state index contributed by atoms with van der Waals surface area (Å²) in [4.78, 5) is 25.7. The second kappa shape index (κ2) is 7.57. The van der Waals surface area contributed by atoms with Gasteiger partial charge in [-0.1, -0.05) is 30.3 Å². The largest absolute Gasteiger partial charge is 0.347 e. The zero-order valence-electron chi connectivity index (χ0n) is 15.8. The van der Waals surface area contributed by atoms with E-state index in [0.29, 0.717) is 19.6 Å². The van der Waals surface area contributed by atoms with E-state index in [2.05, 4.69) is 5.32 Å². The van der Waals surface area contributed by atoms with Gasteiger partial charge in [0.2, 0.25) is 11.8 Å². The molecule has 1 aromatic rings. The number of hydrogen-bond acceptors (Lipinski definition) is 4. The zero-order valence-corrected chi connectivity index (χ0v) is 16.6. The Hall–Kier alpha value is -1.97. The average Bonchev–Trinajstić information content (AvgIpc) is 3.18. The molecule has 1 N–H and O–H groups in total. The van der Waals surface area contributed by atoms with Crippen LogP contribution >= 0.6 is 0 Å². The Morgan fingerprint density at radius 1 is 1.15 bits per heavy atom. The van der Waals surface area contributed by atoms with Gasteiger partial charge in [-0.3, -0.25) is 9.59 Å². The van der Waals surface area contributed by atoms with Crippen LogP contribution in [0.5, 0.6) is 0 Å². The molecule has 0 aromatic heterocycles. The smallest absolute Gasteiger partial charge is 0.281 e. The molecule has 0 radical (unpaired) electrons. The van der Waals surface area contributed by atoms with E-state index in [-0.39, 0.29) is 36.2 Å². The monoisotopic (exact) mass is 394 g/mol. The second-order valence-corrected chi connectivity index (χ2v) is 9.48. The SMILES string of the molecule is CC(=O)NCC(=O)N1C[C@@H]2CN(S(=O)(=O)N(C)C)C[C@@H]2[C@H]1c1ccccc1. The average molecular weight is 394 g/mol. The van der Waals surface area contributed by atoms with Crippen LogP contribution in [0.15, 0.2) is 30.3 Å². The van der Waals surface area contributed by atoms with E-state index < -0.39 is 10.2 Å². The summed E-state index contributed by atoms with van der Waals surface area (Å²) >= 11 is 0. The Balaban J connectivity index is 1.86. The van der Waals surface area contributed by atoms with Crippen LogP contribution in [-0.2, 0) is 19.8 Å². The van der Waals surface area contributed by atoms with E-state index in [9.17, 15) is 18.0 Å². The maximum atomic E-state index is 12.7. The Kier molecular flexibility index (Phi) is 5.55. The lowest BCUT2D eigenvalue weighted by Gasteiger charge is -2.30. The molecular weight excluding hydrogens is 368 g/mol. The van der Waals surface area contributed by atoms with Crippen LogP contribution in [0, 0.1) is 11.8 Å². The third-order valence-electron chi connectivity index (χ3n) is 5.37. The van der Waals surface area contributed by atoms with Crippen LogP contribution < -0.4 is 5.32 Å². The number of nitrogens with zero attached hydrogens (tertiary/aromatic N) is 3. The Morgan fingerprint density at radius 3 is 2.41 bits per heavy atom. The number of hydrogen-bond donors (Lipinski definition) is 1. The molecule has 148 valence electrons. The van der Waals surface area contributed by atoms with Gasteiger partial charge in [0.25, 0.3) is 10.2 Å². The Bertz CT molecular complexity index is 812. The van der Waals surface area contributed by atoms with Gasteiger partial charge >= 0.3 is 0 Å². The van der Waals surface area contributed by atoms with Crippen molar-refractivity contribution in [1.29, 1.82) is 0 Å². The lowest BCUT2D eigenvalue weighted by Crippen LogP contribution is -2.43. The minimum absolute atomic E-state index is 0.0309. The molecule has 0 saturated carbocycles. The highest BCUT2D eigenvalue weighted by Crippen LogP contribution is 2.45. The summed E-state index contributed by atoms with van der Waals surface area (Å²) in [5, 5.41) is 2.56. The fourth-order valence-electron chi connectivity index (χ4n) is 4.06. The van der Waals surface area contributed by atoms with Crippen molar-refractivity contribution in [2.24, 2.45) is 11.8 Å². The number of benzene rings is 1. The van der Waals surface area contributed by atoms with E-state index in [1.165, 1.54) is 29.6 Å². The molecule has 8 nitrogen and oxygen atoms in total. The van der Waals surface area contributed by atoms with Gasteiger partial charge in [-0.05, 0) is 11.5 Å². The van der Waals surface area contributed by atoms with Gasteiger partial charge in [-0.25, -0.2) is 0 Å². The fourth-order valence-corrected chi connectivity index (χ4v) is 5.26. The normalized spacial score (nSPS) is 25.6. The van der Waals surface area contributed by atoms with Crippen molar-refractivity contribution in [3.8, 4) is 0 Å². The van der Waals surface area contributed by atoms with Gasteiger partial charge in [0.1, 0.15) is 0 Å². The van der Waals surface area contributed by atoms with Gasteiger partial charge in [0, 0.05) is 46.6 Å². The maximum Gasteiger partial charge on any atom is 0.281 e. The van der Waals surface area contributed by atoms with E-state index in [0.717, 1.165) is 5.56 Å². The number of likely N-dealkylation sites (tertiary alicyclic amines) is 1. The van der Waals surface area contributed by atoms with Crippen LogP contribution in [0.25, 0.3) is 0 Å². The van der Waals surface area contributed by atoms with Crippen molar-refractivity contribution < 1.29 is 18.0 Å². The molecule has 2 aliphatic rings. The molecular formula is C18H26N4O4S. The third-order valence-corrected chi connectivity index (χ3v) is 7.24. The van der Waals surface area contributed by atoms with E-state index in [1.807, 2.05) is 30.3 Å². The predicted molar refractivity (Wildman–Crippen MR) is 101 cm³/mol. The summed E-state index contributed by atoms with van der Waals surface area (Å²) < 4.78 is 27.8. The molecule has 3 atom stereocenters. The number of fused-ring (bicyclic) bond motifs is 1. The number of carbonyl (C=O) groups excluding carboxylic acids is 2. The van der Waals surface area contributed by atoms with Crippen LogP contribution in [0.3, 0.4) is 0 Å². The van der Waals surface area contributed by atoms with Crippen molar-refractivity contribution in [3.63, 3.8) is 0 Å². The van der Waals surface area contributed by atoms with Crippen molar-refractivity contribution in [2.45, 2.75) is 13.0 Å². The molecule has 2 saturated heterocycles. The van der Waals surface area contributed by atoms with Crippen LogP contribution in [0.1, 0.15) is 18.5 Å². The highest BCUT2D eigenvalue weighted by molar-refractivity contribution is 7.86. The molecule has 1 aromatic carbocycles. The Morgan fingerprint density at radius 2 is 1.81 bits per heavy atom. The summed E-state index contributed by atoms with van der Waals surface area (Å²) in [6, 6.07) is 9.49. The molecule has 0 bridgehead atoms. The third kappa shape index (κ3) is 3.85. The van der Waals surface area contributed by atoms with Gasteiger partial charge in [0.15, 0.2) is 0 Å². The van der Waals surface area contributed by atoms with Crippen LogP contribution in [0.4, 0.5) is 0 Å². The highest BCUT2D eigenvalue weighted by Gasteiger charge is 2.51. The van der Waals surface area contributed by atoms with Gasteiger partial charge in [-0.15, -0.1) is 0 Å². The Labute approximate surface area is 160 Å². The summed E-state index contributed by atoms with van der Waals surface area (Å²) in [5.74, 6) is -0.285. The number of amides is 2. The van der Waals surface area contributed by atoms with Gasteiger partial charge in [-0.2, -0.15) is 17.0 Å². The molecule has 3 rings (SSSR count). The topological polar surface area (TPSA) is 90.0 Å². The first-order chi connectivity index (χ1) is 12.7. The van der Waals surface area contributed by atoms with E-state index in [1.54, 1.807) is 4.90 Å². The number of nitrogens with one attached hydrogen (secondary N) is 1. The van der Waals surface area contributed by atoms with Gasteiger partial charge < -0.3 is 10.2 Å². The summed E-state index contributed by atoms with van der Waals surface area (Å²) in [7, 11) is -0.419. The van der Waals surface area contributed by atoms with E-state index >= 15 is 0 Å². The minimum atomic E-state index is -3.48. The lowest BCUT2D eigenvalue weighted by molar-refractivity contribution is -0.133.